The Morgan fingerprint density at radius 3 is 2.18 bits per heavy atom. The monoisotopic (exact) mass is 621 g/mol. The largest absolute Gasteiger partial charge is 0.485 e. The van der Waals surface area contributed by atoms with Crippen LogP contribution in [0.1, 0.15) is 32.4 Å². The van der Waals surface area contributed by atoms with Crippen molar-refractivity contribution in [3.05, 3.63) is 133 Å². The van der Waals surface area contributed by atoms with Crippen LogP contribution in [0.3, 0.4) is 0 Å². The van der Waals surface area contributed by atoms with Crippen molar-refractivity contribution in [3.8, 4) is 38.0 Å². The summed E-state index contributed by atoms with van der Waals surface area (Å²) in [6.07, 6.45) is 0.613. The second-order valence-corrected chi connectivity index (χ2v) is 13.2. The number of ether oxygens (including phenoxy) is 1. The van der Waals surface area contributed by atoms with Crippen molar-refractivity contribution in [1.82, 2.24) is 14.5 Å². The predicted octanol–water partition coefficient (Wildman–Crippen LogP) is 8.96. The highest BCUT2D eigenvalue weighted by molar-refractivity contribution is 7.18. The lowest BCUT2D eigenvalue weighted by Gasteiger charge is -2.18. The third-order valence-corrected chi connectivity index (χ3v) is 9.74. The first-order valence-electron chi connectivity index (χ1n) is 14.5. The molecule has 0 spiro atoms. The molecule has 6 rings (SSSR count). The quantitative estimate of drug-likeness (QED) is 0.162. The number of rotatable bonds is 9. The molecule has 8 heteroatoms. The van der Waals surface area contributed by atoms with E-state index in [0.29, 0.717) is 35.6 Å². The van der Waals surface area contributed by atoms with Crippen LogP contribution in [-0.4, -0.2) is 14.5 Å². The number of para-hydroxylation sites is 1. The zero-order chi connectivity index (χ0) is 30.8. The maximum Gasteiger partial charge on any atom is 0.262 e. The van der Waals surface area contributed by atoms with Crippen molar-refractivity contribution in [2.24, 2.45) is 0 Å². The number of hydrogen-bond donors (Lipinski definition) is 0. The predicted molar refractivity (Wildman–Crippen MR) is 178 cm³/mol. The summed E-state index contributed by atoms with van der Waals surface area (Å²) in [5, 5.41) is 1.01. The van der Waals surface area contributed by atoms with E-state index < -0.39 is 5.82 Å². The van der Waals surface area contributed by atoms with Crippen LogP contribution in [0.5, 0.6) is 5.75 Å². The summed E-state index contributed by atoms with van der Waals surface area (Å²) in [5.74, 6) is -0.0379. The van der Waals surface area contributed by atoms with Gasteiger partial charge in [-0.25, -0.2) is 14.4 Å². The molecule has 0 aliphatic carbocycles. The van der Waals surface area contributed by atoms with E-state index >= 15 is 4.39 Å². The number of thiophene rings is 1. The van der Waals surface area contributed by atoms with Gasteiger partial charge in [-0.1, -0.05) is 66.7 Å². The van der Waals surface area contributed by atoms with Gasteiger partial charge in [0.25, 0.3) is 5.56 Å². The number of nitrogens with zero attached hydrogens (tertiary/aromatic N) is 3. The molecule has 3 aromatic heterocycles. The van der Waals surface area contributed by atoms with Gasteiger partial charge in [0.2, 0.25) is 0 Å². The Labute approximate surface area is 264 Å². The fraction of sp³-hybridized carbons (Fsp3) is 0.194. The van der Waals surface area contributed by atoms with Crippen LogP contribution in [0.4, 0.5) is 4.39 Å². The van der Waals surface area contributed by atoms with E-state index in [1.165, 1.54) is 6.07 Å². The average Bonchev–Trinajstić information content (AvgIpc) is 3.56. The maximum atomic E-state index is 15.4. The summed E-state index contributed by atoms with van der Waals surface area (Å²) in [6.45, 7) is 8.51. The smallest absolute Gasteiger partial charge is 0.262 e. The third-order valence-electron chi connectivity index (χ3n) is 7.56. The lowest BCUT2D eigenvalue weighted by molar-refractivity contribution is 0.291. The molecule has 222 valence electrons. The number of thiazole rings is 1. The molecule has 44 heavy (non-hydrogen) atoms. The summed E-state index contributed by atoms with van der Waals surface area (Å²) in [7, 11) is 0. The van der Waals surface area contributed by atoms with Gasteiger partial charge in [0, 0.05) is 21.9 Å². The zero-order valence-electron chi connectivity index (χ0n) is 25.1. The average molecular weight is 622 g/mol. The fourth-order valence-electron chi connectivity index (χ4n) is 5.42. The minimum atomic E-state index is -0.502. The summed E-state index contributed by atoms with van der Waals surface area (Å²) >= 11 is 3.25. The van der Waals surface area contributed by atoms with E-state index in [1.807, 2.05) is 81.4 Å². The maximum absolute atomic E-state index is 15.4. The second-order valence-electron chi connectivity index (χ2n) is 10.7. The summed E-state index contributed by atoms with van der Waals surface area (Å²) in [5.41, 5.74) is 5.52. The van der Waals surface area contributed by atoms with Crippen LogP contribution in [0.2, 0.25) is 0 Å². The summed E-state index contributed by atoms with van der Waals surface area (Å²) in [6, 6.07) is 26.5. The highest BCUT2D eigenvalue weighted by atomic mass is 32.1. The molecule has 0 saturated carbocycles. The molecule has 0 radical (unpaired) electrons. The second kappa shape index (κ2) is 12.7. The molecule has 0 unspecified atom stereocenters. The molecular weight excluding hydrogens is 590 g/mol. The van der Waals surface area contributed by atoms with Gasteiger partial charge in [0.15, 0.2) is 11.6 Å². The Morgan fingerprint density at radius 2 is 1.50 bits per heavy atom. The van der Waals surface area contributed by atoms with Gasteiger partial charge in [-0.2, -0.15) is 0 Å². The van der Waals surface area contributed by atoms with Gasteiger partial charge in [-0.05, 0) is 63.4 Å². The zero-order valence-corrected chi connectivity index (χ0v) is 26.7. The molecular formula is C36H32FN3O2S2. The molecule has 0 saturated heterocycles. The third kappa shape index (κ3) is 6.00. The Bertz CT molecular complexity index is 2000. The van der Waals surface area contributed by atoms with E-state index in [-0.39, 0.29) is 17.9 Å². The Balaban J connectivity index is 1.48. The minimum Gasteiger partial charge on any atom is -0.485 e. The van der Waals surface area contributed by atoms with Crippen molar-refractivity contribution in [2.45, 2.75) is 47.3 Å². The number of aromatic nitrogens is 3. The number of benzene rings is 3. The highest BCUT2D eigenvalue weighted by Crippen LogP contribution is 2.41. The fourth-order valence-corrected chi connectivity index (χ4v) is 7.59. The van der Waals surface area contributed by atoms with Gasteiger partial charge in [-0.15, -0.1) is 22.7 Å². The Hall–Kier alpha value is -4.40. The van der Waals surface area contributed by atoms with E-state index in [2.05, 4.69) is 18.0 Å². The standard InChI is InChI=1S/C36H32FN3O2S2/c1-22-32(31-20-29(24(3)43-31)34-23(2)38-25(4)44-34)36(41)40(19-18-26-12-7-5-8-13-26)35(39-22)28-16-11-17-30(37)33(28)42-21-27-14-9-6-10-15-27/h5-17,20H,18-19,21H2,1-4H3. The lowest BCUT2D eigenvalue weighted by atomic mass is 10.1. The number of halogens is 1. The summed E-state index contributed by atoms with van der Waals surface area (Å²) < 4.78 is 23.1. The van der Waals surface area contributed by atoms with Crippen LogP contribution >= 0.6 is 22.7 Å². The van der Waals surface area contributed by atoms with Crippen LogP contribution in [0, 0.1) is 33.5 Å². The number of aryl methyl sites for hydroxylation is 5. The van der Waals surface area contributed by atoms with E-state index in [0.717, 1.165) is 42.0 Å². The molecule has 0 bridgehead atoms. The first-order valence-corrected chi connectivity index (χ1v) is 16.1. The molecule has 3 heterocycles. The number of hydrogen-bond acceptors (Lipinski definition) is 6. The van der Waals surface area contributed by atoms with Crippen LogP contribution in [0.25, 0.3) is 32.3 Å². The van der Waals surface area contributed by atoms with Crippen molar-refractivity contribution in [1.29, 1.82) is 0 Å². The van der Waals surface area contributed by atoms with Crippen molar-refractivity contribution in [3.63, 3.8) is 0 Å². The van der Waals surface area contributed by atoms with Gasteiger partial charge >= 0.3 is 0 Å². The van der Waals surface area contributed by atoms with Gasteiger partial charge in [0.1, 0.15) is 12.4 Å². The van der Waals surface area contributed by atoms with E-state index in [9.17, 15) is 4.79 Å². The van der Waals surface area contributed by atoms with Gasteiger partial charge in [-0.3, -0.25) is 9.36 Å². The minimum absolute atomic E-state index is 0.0779. The van der Waals surface area contributed by atoms with Crippen molar-refractivity contribution in [2.75, 3.05) is 0 Å². The van der Waals surface area contributed by atoms with E-state index in [1.54, 1.807) is 39.4 Å². The van der Waals surface area contributed by atoms with Crippen LogP contribution < -0.4 is 10.3 Å². The Kier molecular flexibility index (Phi) is 8.55. The Morgan fingerprint density at radius 1 is 0.795 bits per heavy atom. The molecule has 6 aromatic rings. The SMILES string of the molecule is Cc1nc(C)c(-c2cc(-c3c(C)nc(-c4cccc(F)c4OCc4ccccc4)n(CCc4ccccc4)c3=O)sc2C)s1. The van der Waals surface area contributed by atoms with Crippen LogP contribution in [-0.2, 0) is 19.6 Å². The molecule has 0 aliphatic heterocycles. The normalized spacial score (nSPS) is 11.2. The van der Waals surface area contributed by atoms with Crippen molar-refractivity contribution >= 4 is 22.7 Å². The van der Waals surface area contributed by atoms with Crippen molar-refractivity contribution < 1.29 is 9.13 Å². The molecule has 5 nitrogen and oxygen atoms in total. The topological polar surface area (TPSA) is 57.0 Å². The molecule has 0 aliphatic rings. The lowest BCUT2D eigenvalue weighted by Crippen LogP contribution is -2.27. The van der Waals surface area contributed by atoms with Gasteiger partial charge < -0.3 is 4.74 Å². The summed E-state index contributed by atoms with van der Waals surface area (Å²) in [4.78, 5) is 27.2. The molecule has 0 amide bonds. The first-order chi connectivity index (χ1) is 21.3. The molecule has 0 N–H and O–H groups in total. The van der Waals surface area contributed by atoms with Gasteiger partial charge in [0.05, 0.1) is 32.4 Å². The van der Waals surface area contributed by atoms with E-state index in [4.69, 9.17) is 9.72 Å². The molecule has 3 aromatic carbocycles. The van der Waals surface area contributed by atoms with Crippen LogP contribution in [0.15, 0.2) is 89.7 Å². The highest BCUT2D eigenvalue weighted by Gasteiger charge is 2.24. The first kappa shape index (κ1) is 29.7. The molecule has 0 fully saturated rings. The molecule has 0 atom stereocenters.